The summed E-state index contributed by atoms with van der Waals surface area (Å²) in [4.78, 5) is 28.9. The van der Waals surface area contributed by atoms with Crippen molar-refractivity contribution >= 4 is 28.8 Å². The lowest BCUT2D eigenvalue weighted by Crippen LogP contribution is -2.28. The van der Waals surface area contributed by atoms with Crippen LogP contribution in [-0.4, -0.2) is 29.3 Å². The number of hydrogen-bond acceptors (Lipinski definition) is 5. The summed E-state index contributed by atoms with van der Waals surface area (Å²) in [5.74, 6) is 0.341. The number of amides is 1. The van der Waals surface area contributed by atoms with E-state index in [-0.39, 0.29) is 18.0 Å². The van der Waals surface area contributed by atoms with Crippen molar-refractivity contribution in [3.63, 3.8) is 0 Å². The molecule has 0 aliphatic carbocycles. The van der Waals surface area contributed by atoms with Crippen LogP contribution in [0.1, 0.15) is 37.9 Å². The highest BCUT2D eigenvalue weighted by atomic mass is 32.2. The first-order chi connectivity index (χ1) is 12.2. The van der Waals surface area contributed by atoms with E-state index >= 15 is 0 Å². The maximum absolute atomic E-state index is 12.4. The molecule has 2 aromatic rings. The van der Waals surface area contributed by atoms with Gasteiger partial charge in [0.25, 0.3) is 5.91 Å². The number of nitrogens with one attached hydrogen (secondary N) is 1. The molecule has 0 spiro atoms. The van der Waals surface area contributed by atoms with Gasteiger partial charge in [-0.1, -0.05) is 42.1 Å². The molecule has 2 aliphatic rings. The number of fused-ring (bicyclic) bond motifs is 1. The van der Waals surface area contributed by atoms with E-state index in [9.17, 15) is 9.59 Å². The highest BCUT2D eigenvalue weighted by molar-refractivity contribution is 8.14. The molecule has 1 atom stereocenters. The van der Waals surface area contributed by atoms with Crippen molar-refractivity contribution in [1.29, 1.82) is 0 Å². The van der Waals surface area contributed by atoms with Crippen molar-refractivity contribution in [3.8, 4) is 0 Å². The molecule has 1 N–H and O–H groups in total. The van der Waals surface area contributed by atoms with Gasteiger partial charge in [0.15, 0.2) is 5.17 Å². The van der Waals surface area contributed by atoms with Gasteiger partial charge in [-0.2, -0.15) is 0 Å². The zero-order chi connectivity index (χ0) is 17.2. The predicted molar refractivity (Wildman–Crippen MR) is 97.0 cm³/mol. The quantitative estimate of drug-likeness (QED) is 0.844. The van der Waals surface area contributed by atoms with Crippen molar-refractivity contribution in [2.24, 2.45) is 4.99 Å². The van der Waals surface area contributed by atoms with Gasteiger partial charge in [-0.3, -0.25) is 9.79 Å². The number of carbonyl (C=O) groups is 2. The van der Waals surface area contributed by atoms with Crippen LogP contribution in [0.25, 0.3) is 0 Å². The first-order valence-corrected chi connectivity index (χ1v) is 9.07. The lowest BCUT2D eigenvalue weighted by Gasteiger charge is -2.25. The third-order valence-corrected chi connectivity index (χ3v) is 5.11. The number of aliphatic imine (C=N–C) groups is 1. The number of esters is 1. The molecule has 25 heavy (non-hydrogen) atoms. The number of nitrogens with zero attached hydrogens (tertiary/aromatic N) is 1. The Morgan fingerprint density at radius 1 is 1.20 bits per heavy atom. The Morgan fingerprint density at radius 2 is 2.04 bits per heavy atom. The van der Waals surface area contributed by atoms with Crippen molar-refractivity contribution in [1.82, 2.24) is 5.32 Å². The molecular formula is C19H16N2O3S. The van der Waals surface area contributed by atoms with Gasteiger partial charge in [0, 0.05) is 17.7 Å². The predicted octanol–water partition coefficient (Wildman–Crippen LogP) is 2.97. The molecule has 1 amide bonds. The second kappa shape index (κ2) is 6.72. The molecule has 4 rings (SSSR count). The maximum atomic E-state index is 12.4. The van der Waals surface area contributed by atoms with Crippen LogP contribution in [0.5, 0.6) is 0 Å². The molecule has 5 nitrogen and oxygen atoms in total. The van der Waals surface area contributed by atoms with Gasteiger partial charge in [-0.05, 0) is 29.3 Å². The van der Waals surface area contributed by atoms with Gasteiger partial charge in [0.1, 0.15) is 6.10 Å². The van der Waals surface area contributed by atoms with E-state index in [2.05, 4.69) is 10.3 Å². The highest BCUT2D eigenvalue weighted by Crippen LogP contribution is 2.31. The number of ether oxygens (including phenoxy) is 1. The van der Waals surface area contributed by atoms with Crippen LogP contribution in [0.2, 0.25) is 0 Å². The fourth-order valence-electron chi connectivity index (χ4n) is 2.97. The number of hydrogen-bond donors (Lipinski definition) is 1. The molecule has 0 aromatic heterocycles. The number of benzene rings is 2. The van der Waals surface area contributed by atoms with E-state index in [1.54, 1.807) is 18.2 Å². The summed E-state index contributed by atoms with van der Waals surface area (Å²) < 4.78 is 5.54. The minimum atomic E-state index is -0.349. The van der Waals surface area contributed by atoms with Crippen LogP contribution in [0.4, 0.5) is 0 Å². The van der Waals surface area contributed by atoms with Gasteiger partial charge in [0.05, 0.1) is 12.1 Å². The summed E-state index contributed by atoms with van der Waals surface area (Å²) in [5, 5.41) is 3.47. The average molecular weight is 352 g/mol. The average Bonchev–Trinajstić information content (AvgIpc) is 3.15. The van der Waals surface area contributed by atoms with Gasteiger partial charge >= 0.3 is 5.97 Å². The van der Waals surface area contributed by atoms with E-state index < -0.39 is 0 Å². The van der Waals surface area contributed by atoms with E-state index in [1.807, 2.05) is 30.3 Å². The molecule has 0 radical (unpaired) electrons. The molecule has 0 fully saturated rings. The van der Waals surface area contributed by atoms with Crippen molar-refractivity contribution in [2.45, 2.75) is 12.5 Å². The Bertz CT molecular complexity index is 864. The minimum Gasteiger partial charge on any atom is -0.454 e. The number of cyclic esters (lactones) is 1. The maximum Gasteiger partial charge on any atom is 0.339 e. The van der Waals surface area contributed by atoms with Crippen LogP contribution in [0, 0.1) is 0 Å². The normalized spacial score (nSPS) is 19.0. The molecule has 1 unspecified atom stereocenters. The largest absolute Gasteiger partial charge is 0.454 e. The molecule has 0 bridgehead atoms. The monoisotopic (exact) mass is 352 g/mol. The minimum absolute atomic E-state index is 0.203. The number of amidine groups is 1. The third kappa shape index (κ3) is 3.30. The van der Waals surface area contributed by atoms with Gasteiger partial charge < -0.3 is 10.1 Å². The molecule has 0 saturated carbocycles. The van der Waals surface area contributed by atoms with Gasteiger partial charge in [-0.15, -0.1) is 0 Å². The first-order valence-electron chi connectivity index (χ1n) is 8.08. The van der Waals surface area contributed by atoms with E-state index in [0.717, 1.165) is 23.4 Å². The fraction of sp³-hybridized carbons (Fsp3) is 0.211. The lowest BCUT2D eigenvalue weighted by atomic mass is 9.93. The summed E-state index contributed by atoms with van der Waals surface area (Å²) in [6.45, 7) is 0.731. The SMILES string of the molecule is O=C(NC1=NCCS1)c1ccc2c(c1)CC(c1ccccc1)OC2=O. The third-order valence-electron chi connectivity index (χ3n) is 4.22. The molecule has 126 valence electrons. The van der Waals surface area contributed by atoms with Crippen molar-refractivity contribution < 1.29 is 14.3 Å². The topological polar surface area (TPSA) is 67.8 Å². The molecule has 2 heterocycles. The second-order valence-corrected chi connectivity index (χ2v) is 6.95. The summed E-state index contributed by atoms with van der Waals surface area (Å²) in [6, 6.07) is 14.7. The van der Waals surface area contributed by atoms with Crippen LogP contribution >= 0.6 is 11.8 Å². The van der Waals surface area contributed by atoms with Crippen molar-refractivity contribution in [3.05, 3.63) is 70.8 Å². The summed E-state index contributed by atoms with van der Waals surface area (Å²) in [5.41, 5.74) is 2.83. The number of thioether (sulfide) groups is 1. The van der Waals surface area contributed by atoms with Crippen molar-refractivity contribution in [2.75, 3.05) is 12.3 Å². The van der Waals surface area contributed by atoms with Gasteiger partial charge in [-0.25, -0.2) is 4.79 Å². The Hall–Kier alpha value is -2.60. The number of carbonyl (C=O) groups excluding carboxylic acids is 2. The number of rotatable bonds is 2. The summed E-state index contributed by atoms with van der Waals surface area (Å²) in [7, 11) is 0. The van der Waals surface area contributed by atoms with Crippen LogP contribution in [0.15, 0.2) is 53.5 Å². The Balaban J connectivity index is 1.59. The van der Waals surface area contributed by atoms with E-state index in [1.165, 1.54) is 11.8 Å². The summed E-state index contributed by atoms with van der Waals surface area (Å²) >= 11 is 1.54. The zero-order valence-electron chi connectivity index (χ0n) is 13.4. The summed E-state index contributed by atoms with van der Waals surface area (Å²) in [6.07, 6.45) is 0.233. The molecule has 0 saturated heterocycles. The highest BCUT2D eigenvalue weighted by Gasteiger charge is 2.28. The molecule has 2 aliphatic heterocycles. The van der Waals surface area contributed by atoms with Crippen LogP contribution < -0.4 is 5.32 Å². The zero-order valence-corrected chi connectivity index (χ0v) is 14.2. The molecule has 6 heteroatoms. The van der Waals surface area contributed by atoms with Crippen LogP contribution in [-0.2, 0) is 11.2 Å². The molecular weight excluding hydrogens is 336 g/mol. The van der Waals surface area contributed by atoms with E-state index in [0.29, 0.717) is 22.7 Å². The first kappa shape index (κ1) is 15.9. The fourth-order valence-corrected chi connectivity index (χ4v) is 3.69. The van der Waals surface area contributed by atoms with Gasteiger partial charge in [0.2, 0.25) is 0 Å². The Kier molecular flexibility index (Phi) is 4.28. The standard InChI is InChI=1S/C19H16N2O3S/c22-17(21-19-20-8-9-25-19)13-6-7-15-14(10-13)11-16(24-18(15)23)12-4-2-1-3-5-12/h1-7,10,16H,8-9,11H2,(H,20,21,22). The molecule has 2 aromatic carbocycles. The second-order valence-electron chi connectivity index (χ2n) is 5.87. The van der Waals surface area contributed by atoms with E-state index in [4.69, 9.17) is 4.74 Å². The Morgan fingerprint density at radius 3 is 2.80 bits per heavy atom. The smallest absolute Gasteiger partial charge is 0.339 e. The Labute approximate surface area is 149 Å². The lowest BCUT2D eigenvalue weighted by molar-refractivity contribution is 0.0252. The van der Waals surface area contributed by atoms with Crippen LogP contribution in [0.3, 0.4) is 0 Å².